The van der Waals surface area contributed by atoms with Crippen LogP contribution in [0.15, 0.2) is 24.3 Å². The van der Waals surface area contributed by atoms with Gasteiger partial charge < -0.3 is 20.4 Å². The van der Waals surface area contributed by atoms with Gasteiger partial charge in [0.25, 0.3) is 5.91 Å². The van der Waals surface area contributed by atoms with E-state index in [2.05, 4.69) is 10.6 Å². The molecule has 29 heavy (non-hydrogen) atoms. The van der Waals surface area contributed by atoms with E-state index in [0.717, 1.165) is 25.7 Å². The molecular weight excluding hydrogens is 368 g/mol. The Hall–Kier alpha value is -2.57. The number of hydrogen-bond acceptors (Lipinski definition) is 3. The van der Waals surface area contributed by atoms with Crippen molar-refractivity contribution in [1.82, 2.24) is 15.1 Å². The molecule has 4 amide bonds. The molecular formula is C22H32N4O3. The second-order valence-electron chi connectivity index (χ2n) is 8.28. The average molecular weight is 401 g/mol. The van der Waals surface area contributed by atoms with E-state index in [1.807, 2.05) is 12.1 Å². The zero-order valence-corrected chi connectivity index (χ0v) is 17.4. The molecule has 1 saturated carbocycles. The second-order valence-corrected chi connectivity index (χ2v) is 8.28. The normalized spacial score (nSPS) is 18.2. The number of piperidine rings is 1. The molecule has 0 bridgehead atoms. The Morgan fingerprint density at radius 1 is 0.966 bits per heavy atom. The summed E-state index contributed by atoms with van der Waals surface area (Å²) in [5.41, 5.74) is 1.06. The van der Waals surface area contributed by atoms with Crippen molar-refractivity contribution in [2.45, 2.75) is 51.0 Å². The first-order valence-corrected chi connectivity index (χ1v) is 10.6. The summed E-state index contributed by atoms with van der Waals surface area (Å²) in [4.78, 5) is 40.9. The van der Waals surface area contributed by atoms with Crippen molar-refractivity contribution in [3.63, 3.8) is 0 Å². The Morgan fingerprint density at radius 3 is 2.28 bits per heavy atom. The van der Waals surface area contributed by atoms with Crippen LogP contribution in [-0.4, -0.2) is 60.9 Å². The molecule has 2 aliphatic rings. The average Bonchev–Trinajstić information content (AvgIpc) is 2.74. The highest BCUT2D eigenvalue weighted by molar-refractivity contribution is 6.04. The van der Waals surface area contributed by atoms with Crippen LogP contribution in [0.2, 0.25) is 0 Å². The minimum atomic E-state index is -0.157. The number of benzene rings is 1. The molecule has 1 aromatic carbocycles. The Bertz CT molecular complexity index is 735. The van der Waals surface area contributed by atoms with Gasteiger partial charge in [0.2, 0.25) is 5.91 Å². The Morgan fingerprint density at radius 2 is 1.62 bits per heavy atom. The van der Waals surface area contributed by atoms with Gasteiger partial charge in [-0.05, 0) is 37.8 Å². The maximum Gasteiger partial charge on any atom is 0.319 e. The smallest absolute Gasteiger partial charge is 0.319 e. The van der Waals surface area contributed by atoms with Gasteiger partial charge in [0.15, 0.2) is 0 Å². The van der Waals surface area contributed by atoms with Crippen LogP contribution in [0, 0.1) is 5.92 Å². The first-order valence-electron chi connectivity index (χ1n) is 10.6. The number of likely N-dealkylation sites (tertiary alicyclic amines) is 1. The van der Waals surface area contributed by atoms with Gasteiger partial charge >= 0.3 is 6.03 Å². The summed E-state index contributed by atoms with van der Waals surface area (Å²) >= 11 is 0. The van der Waals surface area contributed by atoms with E-state index in [1.165, 1.54) is 6.42 Å². The fourth-order valence-electron chi connectivity index (χ4n) is 4.15. The van der Waals surface area contributed by atoms with Crippen molar-refractivity contribution in [3.8, 4) is 0 Å². The summed E-state index contributed by atoms with van der Waals surface area (Å²) in [5.74, 6) is -0.366. The van der Waals surface area contributed by atoms with Crippen LogP contribution in [0.4, 0.5) is 10.5 Å². The fourth-order valence-corrected chi connectivity index (χ4v) is 4.15. The van der Waals surface area contributed by atoms with Crippen LogP contribution in [0.3, 0.4) is 0 Å². The first kappa shape index (κ1) is 21.1. The molecule has 3 rings (SSSR count). The minimum absolute atomic E-state index is 0.0198. The largest absolute Gasteiger partial charge is 0.349 e. The summed E-state index contributed by atoms with van der Waals surface area (Å²) in [6, 6.07) is 7.37. The van der Waals surface area contributed by atoms with Gasteiger partial charge in [-0.2, -0.15) is 0 Å². The number of anilines is 1. The summed E-state index contributed by atoms with van der Waals surface area (Å²) in [7, 11) is 3.47. The molecule has 0 radical (unpaired) electrons. The SMILES string of the molecule is CN(C)C(=O)N1CCC(C(=O)Nc2ccccc2C(=O)NC2CCCCC2)CC1. The van der Waals surface area contributed by atoms with E-state index in [9.17, 15) is 14.4 Å². The van der Waals surface area contributed by atoms with Gasteiger partial charge in [0.05, 0.1) is 11.3 Å². The maximum atomic E-state index is 12.8. The van der Waals surface area contributed by atoms with E-state index in [4.69, 9.17) is 0 Å². The van der Waals surface area contributed by atoms with Crippen molar-refractivity contribution in [2.75, 3.05) is 32.5 Å². The van der Waals surface area contributed by atoms with Crippen LogP contribution < -0.4 is 10.6 Å². The van der Waals surface area contributed by atoms with Gasteiger partial charge in [0.1, 0.15) is 0 Å². The molecule has 0 spiro atoms. The van der Waals surface area contributed by atoms with Gasteiger partial charge in [-0.1, -0.05) is 31.4 Å². The summed E-state index contributed by atoms with van der Waals surface area (Å²) < 4.78 is 0. The monoisotopic (exact) mass is 400 g/mol. The van der Waals surface area contributed by atoms with E-state index < -0.39 is 0 Å². The van der Waals surface area contributed by atoms with Crippen molar-refractivity contribution >= 4 is 23.5 Å². The van der Waals surface area contributed by atoms with Crippen LogP contribution in [0.25, 0.3) is 0 Å². The molecule has 0 atom stereocenters. The highest BCUT2D eigenvalue weighted by Crippen LogP contribution is 2.23. The fraction of sp³-hybridized carbons (Fsp3) is 0.591. The first-order chi connectivity index (χ1) is 14.0. The predicted molar refractivity (Wildman–Crippen MR) is 113 cm³/mol. The molecule has 158 valence electrons. The van der Waals surface area contributed by atoms with Crippen LogP contribution >= 0.6 is 0 Å². The lowest BCUT2D eigenvalue weighted by Gasteiger charge is -2.33. The summed E-state index contributed by atoms with van der Waals surface area (Å²) in [6.45, 7) is 1.14. The third-order valence-corrected chi connectivity index (χ3v) is 5.89. The topological polar surface area (TPSA) is 81.8 Å². The number of hydrogen-bond donors (Lipinski definition) is 2. The van der Waals surface area contributed by atoms with Crippen molar-refractivity contribution in [3.05, 3.63) is 29.8 Å². The number of nitrogens with zero attached hydrogens (tertiary/aromatic N) is 2. The molecule has 1 aromatic rings. The number of carbonyl (C=O) groups excluding carboxylic acids is 3. The van der Waals surface area contributed by atoms with Gasteiger partial charge in [-0.25, -0.2) is 4.79 Å². The zero-order valence-electron chi connectivity index (χ0n) is 17.4. The van der Waals surface area contributed by atoms with E-state index in [1.54, 1.807) is 36.0 Å². The standard InChI is InChI=1S/C22H32N4O3/c1-25(2)22(29)26-14-12-16(13-15-26)20(27)24-19-11-7-6-10-18(19)21(28)23-17-8-4-3-5-9-17/h6-7,10-11,16-17H,3-5,8-9,12-15H2,1-2H3,(H,23,28)(H,24,27). The molecule has 7 nitrogen and oxygen atoms in total. The molecule has 2 N–H and O–H groups in total. The van der Waals surface area contributed by atoms with Crippen molar-refractivity contribution in [2.24, 2.45) is 5.92 Å². The molecule has 0 aromatic heterocycles. The van der Waals surface area contributed by atoms with Gasteiger partial charge in [-0.15, -0.1) is 0 Å². The zero-order chi connectivity index (χ0) is 20.8. The minimum Gasteiger partial charge on any atom is -0.349 e. The maximum absolute atomic E-state index is 12.8. The highest BCUT2D eigenvalue weighted by Gasteiger charge is 2.28. The summed E-state index contributed by atoms with van der Waals surface area (Å²) in [6.07, 6.45) is 6.83. The Balaban J connectivity index is 1.58. The lowest BCUT2D eigenvalue weighted by molar-refractivity contribution is -0.121. The molecule has 7 heteroatoms. The summed E-state index contributed by atoms with van der Waals surface area (Å²) in [5, 5.41) is 6.07. The number of amides is 4. The Labute approximate surface area is 172 Å². The Kier molecular flexibility index (Phi) is 7.12. The number of urea groups is 1. The van der Waals surface area contributed by atoms with Crippen LogP contribution in [0.1, 0.15) is 55.3 Å². The third-order valence-electron chi connectivity index (χ3n) is 5.89. The van der Waals surface area contributed by atoms with Gasteiger partial charge in [0, 0.05) is 39.1 Å². The molecule has 1 aliphatic heterocycles. The molecule has 2 fully saturated rings. The lowest BCUT2D eigenvalue weighted by Crippen LogP contribution is -2.45. The third kappa shape index (κ3) is 5.49. The molecule has 1 saturated heterocycles. The lowest BCUT2D eigenvalue weighted by atomic mass is 9.95. The molecule has 1 heterocycles. The quantitative estimate of drug-likeness (QED) is 0.815. The number of rotatable bonds is 4. The number of para-hydroxylation sites is 1. The second kappa shape index (κ2) is 9.76. The van der Waals surface area contributed by atoms with E-state index >= 15 is 0 Å². The molecule has 1 aliphatic carbocycles. The van der Waals surface area contributed by atoms with Crippen LogP contribution in [0.5, 0.6) is 0 Å². The van der Waals surface area contributed by atoms with Gasteiger partial charge in [-0.3, -0.25) is 9.59 Å². The predicted octanol–water partition coefficient (Wildman–Crippen LogP) is 3.08. The number of nitrogens with one attached hydrogen (secondary N) is 2. The van der Waals surface area contributed by atoms with E-state index in [0.29, 0.717) is 37.2 Å². The van der Waals surface area contributed by atoms with Crippen LogP contribution in [-0.2, 0) is 4.79 Å². The number of carbonyl (C=O) groups is 3. The molecule has 0 unspecified atom stereocenters. The van der Waals surface area contributed by atoms with Crippen molar-refractivity contribution < 1.29 is 14.4 Å². The van der Waals surface area contributed by atoms with Crippen molar-refractivity contribution in [1.29, 1.82) is 0 Å². The highest BCUT2D eigenvalue weighted by atomic mass is 16.2. The van der Waals surface area contributed by atoms with E-state index in [-0.39, 0.29) is 29.8 Å².